The first kappa shape index (κ1) is 15.5. The standard InChI is InChI=1S/C18H15N3O3/c22-16-5-2-1-4-13(16)12-17(23)21-14-6-8-15(9-7-14)24-18-19-10-3-11-20-18/h1-11,22H,12H2,(H,21,23). The Kier molecular flexibility index (Phi) is 4.67. The number of carbonyl (C=O) groups excluding carboxylic acids is 1. The molecule has 3 aromatic rings. The minimum atomic E-state index is -0.212. The number of aromatic hydroxyl groups is 1. The lowest BCUT2D eigenvalue weighted by Gasteiger charge is -2.08. The van der Waals surface area contributed by atoms with Crippen molar-refractivity contribution in [2.45, 2.75) is 6.42 Å². The Morgan fingerprint density at radius 2 is 1.71 bits per heavy atom. The number of amides is 1. The molecule has 0 radical (unpaired) electrons. The van der Waals surface area contributed by atoms with Crippen molar-refractivity contribution in [2.75, 3.05) is 5.32 Å². The van der Waals surface area contributed by atoms with Gasteiger partial charge in [-0.05, 0) is 36.4 Å². The molecule has 3 rings (SSSR count). The summed E-state index contributed by atoms with van der Waals surface area (Å²) in [4.78, 5) is 20.0. The third-order valence-electron chi connectivity index (χ3n) is 3.23. The number of ether oxygens (including phenoxy) is 1. The number of benzene rings is 2. The van der Waals surface area contributed by atoms with E-state index < -0.39 is 0 Å². The van der Waals surface area contributed by atoms with E-state index in [2.05, 4.69) is 15.3 Å². The summed E-state index contributed by atoms with van der Waals surface area (Å²) in [5.74, 6) is 0.468. The van der Waals surface area contributed by atoms with Gasteiger partial charge >= 0.3 is 6.01 Å². The fraction of sp³-hybridized carbons (Fsp3) is 0.0556. The molecule has 6 nitrogen and oxygen atoms in total. The van der Waals surface area contributed by atoms with E-state index in [4.69, 9.17) is 4.74 Å². The maximum atomic E-state index is 12.0. The van der Waals surface area contributed by atoms with Gasteiger partial charge in [0.15, 0.2) is 0 Å². The molecule has 1 amide bonds. The fourth-order valence-electron chi connectivity index (χ4n) is 2.09. The van der Waals surface area contributed by atoms with Crippen molar-refractivity contribution in [3.8, 4) is 17.5 Å². The highest BCUT2D eigenvalue weighted by Crippen LogP contribution is 2.21. The Bertz CT molecular complexity index is 820. The third-order valence-corrected chi connectivity index (χ3v) is 3.23. The SMILES string of the molecule is O=C(Cc1ccccc1O)Nc1ccc(Oc2ncccn2)cc1. The normalized spacial score (nSPS) is 10.2. The molecule has 0 aliphatic heterocycles. The van der Waals surface area contributed by atoms with Gasteiger partial charge in [-0.1, -0.05) is 18.2 Å². The van der Waals surface area contributed by atoms with E-state index in [9.17, 15) is 9.90 Å². The summed E-state index contributed by atoms with van der Waals surface area (Å²) in [7, 11) is 0. The minimum Gasteiger partial charge on any atom is -0.508 e. The molecule has 2 aromatic carbocycles. The van der Waals surface area contributed by atoms with Crippen LogP contribution in [0.3, 0.4) is 0 Å². The van der Waals surface area contributed by atoms with Crippen LogP contribution in [-0.4, -0.2) is 21.0 Å². The molecule has 1 aromatic heterocycles. The Morgan fingerprint density at radius 1 is 1.00 bits per heavy atom. The van der Waals surface area contributed by atoms with E-state index in [1.54, 1.807) is 67.0 Å². The van der Waals surface area contributed by atoms with Crippen molar-refractivity contribution in [1.29, 1.82) is 0 Å². The van der Waals surface area contributed by atoms with Crippen LogP contribution in [-0.2, 0) is 11.2 Å². The van der Waals surface area contributed by atoms with Crippen LogP contribution in [0.15, 0.2) is 67.0 Å². The van der Waals surface area contributed by atoms with Gasteiger partial charge in [-0.3, -0.25) is 4.79 Å². The second kappa shape index (κ2) is 7.23. The quantitative estimate of drug-likeness (QED) is 0.754. The zero-order valence-electron chi connectivity index (χ0n) is 12.7. The molecule has 0 fully saturated rings. The monoisotopic (exact) mass is 321 g/mol. The highest BCUT2D eigenvalue weighted by atomic mass is 16.5. The van der Waals surface area contributed by atoms with Crippen LogP contribution in [0.4, 0.5) is 5.69 Å². The molecule has 0 aliphatic rings. The van der Waals surface area contributed by atoms with E-state index in [1.807, 2.05) is 0 Å². The number of phenols is 1. The van der Waals surface area contributed by atoms with Crippen LogP contribution in [0.2, 0.25) is 0 Å². The van der Waals surface area contributed by atoms with Crippen molar-refractivity contribution in [3.63, 3.8) is 0 Å². The molecular weight excluding hydrogens is 306 g/mol. The molecule has 6 heteroatoms. The first-order valence-electron chi connectivity index (χ1n) is 7.32. The van der Waals surface area contributed by atoms with Crippen molar-refractivity contribution in [3.05, 3.63) is 72.6 Å². The summed E-state index contributed by atoms with van der Waals surface area (Å²) < 4.78 is 5.48. The summed E-state index contributed by atoms with van der Waals surface area (Å²) in [5, 5.41) is 12.5. The highest BCUT2D eigenvalue weighted by molar-refractivity contribution is 5.92. The van der Waals surface area contributed by atoms with Gasteiger partial charge in [-0.2, -0.15) is 0 Å². The number of carbonyl (C=O) groups is 1. The molecule has 24 heavy (non-hydrogen) atoms. The van der Waals surface area contributed by atoms with E-state index in [0.29, 0.717) is 17.0 Å². The number of nitrogens with one attached hydrogen (secondary N) is 1. The lowest BCUT2D eigenvalue weighted by atomic mass is 10.1. The first-order chi connectivity index (χ1) is 11.7. The fourth-order valence-corrected chi connectivity index (χ4v) is 2.09. The van der Waals surface area contributed by atoms with Gasteiger partial charge in [0.1, 0.15) is 11.5 Å². The Balaban J connectivity index is 1.60. The largest absolute Gasteiger partial charge is 0.508 e. The van der Waals surface area contributed by atoms with E-state index in [0.717, 1.165) is 0 Å². The zero-order valence-corrected chi connectivity index (χ0v) is 12.7. The number of nitrogens with zero attached hydrogens (tertiary/aromatic N) is 2. The van der Waals surface area contributed by atoms with Crippen molar-refractivity contribution < 1.29 is 14.6 Å². The summed E-state index contributed by atoms with van der Waals surface area (Å²) >= 11 is 0. The maximum absolute atomic E-state index is 12.0. The van der Waals surface area contributed by atoms with Gasteiger partial charge in [0.05, 0.1) is 6.42 Å². The van der Waals surface area contributed by atoms with Crippen LogP contribution in [0.25, 0.3) is 0 Å². The molecule has 0 saturated carbocycles. The smallest absolute Gasteiger partial charge is 0.321 e. The van der Waals surface area contributed by atoms with Crippen LogP contribution in [0.5, 0.6) is 17.5 Å². The molecule has 0 aliphatic carbocycles. The first-order valence-corrected chi connectivity index (χ1v) is 7.32. The molecule has 0 unspecified atom stereocenters. The van der Waals surface area contributed by atoms with Crippen molar-refractivity contribution >= 4 is 11.6 Å². The van der Waals surface area contributed by atoms with Gasteiger partial charge in [-0.15, -0.1) is 0 Å². The van der Waals surface area contributed by atoms with E-state index in [1.165, 1.54) is 0 Å². The van der Waals surface area contributed by atoms with Gasteiger partial charge in [0, 0.05) is 23.6 Å². The van der Waals surface area contributed by atoms with Crippen LogP contribution in [0.1, 0.15) is 5.56 Å². The Labute approximate surface area is 138 Å². The highest BCUT2D eigenvalue weighted by Gasteiger charge is 2.08. The maximum Gasteiger partial charge on any atom is 0.321 e. The summed E-state index contributed by atoms with van der Waals surface area (Å²) in [6.45, 7) is 0. The zero-order chi connectivity index (χ0) is 16.8. The summed E-state index contributed by atoms with van der Waals surface area (Å²) in [6, 6.07) is 15.6. The number of hydrogen-bond donors (Lipinski definition) is 2. The lowest BCUT2D eigenvalue weighted by Crippen LogP contribution is -2.14. The molecular formula is C18H15N3O3. The lowest BCUT2D eigenvalue weighted by molar-refractivity contribution is -0.115. The van der Waals surface area contributed by atoms with Gasteiger partial charge < -0.3 is 15.2 Å². The average molecular weight is 321 g/mol. The molecule has 0 atom stereocenters. The van der Waals surface area contributed by atoms with Crippen LogP contribution < -0.4 is 10.1 Å². The molecule has 120 valence electrons. The number of anilines is 1. The number of aromatic nitrogens is 2. The Hall–Kier alpha value is -3.41. The van der Waals surface area contributed by atoms with Gasteiger partial charge in [-0.25, -0.2) is 9.97 Å². The third kappa shape index (κ3) is 4.07. The number of rotatable bonds is 5. The molecule has 0 saturated heterocycles. The summed E-state index contributed by atoms with van der Waals surface area (Å²) in [5.41, 5.74) is 1.22. The second-order valence-corrected chi connectivity index (χ2v) is 5.01. The van der Waals surface area contributed by atoms with Crippen molar-refractivity contribution in [1.82, 2.24) is 9.97 Å². The second-order valence-electron chi connectivity index (χ2n) is 5.01. The summed E-state index contributed by atoms with van der Waals surface area (Å²) in [6.07, 6.45) is 3.29. The van der Waals surface area contributed by atoms with Crippen LogP contribution in [0, 0.1) is 0 Å². The van der Waals surface area contributed by atoms with Gasteiger partial charge in [0.2, 0.25) is 5.91 Å². The van der Waals surface area contributed by atoms with Gasteiger partial charge in [0.25, 0.3) is 0 Å². The molecule has 2 N–H and O–H groups in total. The van der Waals surface area contributed by atoms with Crippen LogP contribution >= 0.6 is 0 Å². The van der Waals surface area contributed by atoms with E-state index >= 15 is 0 Å². The topological polar surface area (TPSA) is 84.3 Å². The van der Waals surface area contributed by atoms with E-state index in [-0.39, 0.29) is 24.1 Å². The number of hydrogen-bond acceptors (Lipinski definition) is 5. The predicted molar refractivity (Wildman–Crippen MR) is 89.0 cm³/mol. The Morgan fingerprint density at radius 3 is 2.42 bits per heavy atom. The average Bonchev–Trinajstić information content (AvgIpc) is 2.60. The molecule has 0 bridgehead atoms. The number of para-hydroxylation sites is 1. The van der Waals surface area contributed by atoms with Crippen molar-refractivity contribution in [2.24, 2.45) is 0 Å². The molecule has 1 heterocycles. The predicted octanol–water partition coefficient (Wildman–Crippen LogP) is 3.16. The minimum absolute atomic E-state index is 0.1000. The number of phenolic OH excluding ortho intramolecular Hbond substituents is 1. The molecule has 0 spiro atoms.